The van der Waals surface area contributed by atoms with E-state index in [9.17, 15) is 14.4 Å². The number of carbonyl (C=O) groups is 3. The zero-order valence-electron chi connectivity index (χ0n) is 19.5. The smallest absolute Gasteiger partial charge is 0.339 e. The number of benzene rings is 1. The Balaban J connectivity index is 2.40. The van der Waals surface area contributed by atoms with Crippen LogP contribution in [0.25, 0.3) is 0 Å². The van der Waals surface area contributed by atoms with Crippen molar-refractivity contribution >= 4 is 17.9 Å². The van der Waals surface area contributed by atoms with Crippen molar-refractivity contribution in [3.63, 3.8) is 0 Å². The van der Waals surface area contributed by atoms with Gasteiger partial charge < -0.3 is 29.2 Å². The maximum Gasteiger partial charge on any atom is 0.339 e. The van der Waals surface area contributed by atoms with Crippen LogP contribution in [0.2, 0.25) is 0 Å². The Kier molecular flexibility index (Phi) is 12.8. The predicted octanol–water partition coefficient (Wildman–Crippen LogP) is 2.78. The molecular formula is C24H34O9. The molecule has 0 aliphatic carbocycles. The number of unbranched alkanes of at least 4 members (excludes halogenated alkanes) is 1. The van der Waals surface area contributed by atoms with Crippen molar-refractivity contribution in [1.82, 2.24) is 0 Å². The fourth-order valence-electron chi connectivity index (χ4n) is 2.65. The molecule has 1 rings (SSSR count). The van der Waals surface area contributed by atoms with Crippen LogP contribution in [-0.4, -0.2) is 66.3 Å². The lowest BCUT2D eigenvalue weighted by molar-refractivity contribution is -0.146. The van der Waals surface area contributed by atoms with Crippen LogP contribution in [0.1, 0.15) is 67.2 Å². The molecule has 1 aromatic carbocycles. The number of hydrogen-bond donors (Lipinski definition) is 2. The molecule has 0 spiro atoms. The summed E-state index contributed by atoms with van der Waals surface area (Å²) in [7, 11) is 0. The first-order chi connectivity index (χ1) is 15.6. The van der Waals surface area contributed by atoms with Crippen molar-refractivity contribution in [2.75, 3.05) is 19.8 Å². The Labute approximate surface area is 194 Å². The van der Waals surface area contributed by atoms with Gasteiger partial charge in [0.25, 0.3) is 0 Å². The van der Waals surface area contributed by atoms with E-state index in [1.54, 1.807) is 26.0 Å². The first-order valence-electron chi connectivity index (χ1n) is 10.9. The quantitative estimate of drug-likeness (QED) is 0.173. The molecule has 0 heterocycles. The first-order valence-corrected chi connectivity index (χ1v) is 10.9. The standard InChI is InChI=1S/C24H34O9/c1-16(26)14-30-22(27)12-8-5-9-17(2)32-19(4)15-31-23(28)20-10-6-7-11-21(20)24(29)33-18(3)13-25/h6-7,10-11,16,18-19,25-26H,2,5,8-9,12-15H2,1,3-4H3. The highest BCUT2D eigenvalue weighted by Gasteiger charge is 2.21. The third-order valence-electron chi connectivity index (χ3n) is 4.32. The lowest BCUT2D eigenvalue weighted by Gasteiger charge is -2.17. The third-order valence-corrected chi connectivity index (χ3v) is 4.32. The molecule has 0 fully saturated rings. The van der Waals surface area contributed by atoms with Crippen molar-refractivity contribution in [3.8, 4) is 0 Å². The predicted molar refractivity (Wildman–Crippen MR) is 119 cm³/mol. The van der Waals surface area contributed by atoms with Gasteiger partial charge in [0.1, 0.15) is 25.4 Å². The molecule has 9 heteroatoms. The fraction of sp³-hybridized carbons (Fsp3) is 0.542. The molecule has 0 saturated carbocycles. The highest BCUT2D eigenvalue weighted by Crippen LogP contribution is 2.15. The molecule has 0 amide bonds. The van der Waals surface area contributed by atoms with Crippen LogP contribution in [-0.2, 0) is 23.7 Å². The van der Waals surface area contributed by atoms with Gasteiger partial charge in [-0.05, 0) is 45.7 Å². The normalized spacial score (nSPS) is 13.4. The number of rotatable bonds is 15. The number of hydrogen-bond acceptors (Lipinski definition) is 9. The SMILES string of the molecule is C=C(CCCCC(=O)OCC(C)O)OC(C)COC(=O)c1ccccc1C(=O)OC(C)CO. The van der Waals surface area contributed by atoms with Gasteiger partial charge in [-0.15, -0.1) is 0 Å². The zero-order valence-corrected chi connectivity index (χ0v) is 19.5. The second kappa shape index (κ2) is 15.0. The van der Waals surface area contributed by atoms with Crippen molar-refractivity contribution in [1.29, 1.82) is 0 Å². The highest BCUT2D eigenvalue weighted by molar-refractivity contribution is 6.03. The number of aliphatic hydroxyl groups is 2. The highest BCUT2D eigenvalue weighted by atomic mass is 16.6. The summed E-state index contributed by atoms with van der Waals surface area (Å²) in [5.74, 6) is -1.29. The van der Waals surface area contributed by atoms with Crippen LogP contribution in [0.15, 0.2) is 36.6 Å². The van der Waals surface area contributed by atoms with Crippen LogP contribution < -0.4 is 0 Å². The molecule has 33 heavy (non-hydrogen) atoms. The topological polar surface area (TPSA) is 129 Å². The number of esters is 3. The van der Waals surface area contributed by atoms with Crippen LogP contribution in [0.4, 0.5) is 0 Å². The van der Waals surface area contributed by atoms with Gasteiger partial charge >= 0.3 is 17.9 Å². The molecule has 0 saturated heterocycles. The third kappa shape index (κ3) is 11.5. The number of ether oxygens (including phenoxy) is 4. The zero-order chi connectivity index (χ0) is 24.8. The molecule has 184 valence electrons. The van der Waals surface area contributed by atoms with E-state index in [1.165, 1.54) is 19.1 Å². The average Bonchev–Trinajstić information content (AvgIpc) is 2.78. The van der Waals surface area contributed by atoms with Crippen LogP contribution in [0, 0.1) is 0 Å². The molecule has 9 nitrogen and oxygen atoms in total. The fourth-order valence-corrected chi connectivity index (χ4v) is 2.65. The Morgan fingerprint density at radius 1 is 0.879 bits per heavy atom. The number of carbonyl (C=O) groups excluding carboxylic acids is 3. The summed E-state index contributed by atoms with van der Waals surface area (Å²) in [4.78, 5) is 36.2. The Morgan fingerprint density at radius 3 is 2.09 bits per heavy atom. The van der Waals surface area contributed by atoms with E-state index in [-0.39, 0.29) is 43.3 Å². The minimum atomic E-state index is -0.725. The molecule has 1 aromatic rings. The molecule has 2 N–H and O–H groups in total. The van der Waals surface area contributed by atoms with Crippen molar-refractivity contribution in [2.45, 2.75) is 64.8 Å². The largest absolute Gasteiger partial charge is 0.492 e. The molecule has 0 radical (unpaired) electrons. The lowest BCUT2D eigenvalue weighted by Crippen LogP contribution is -2.22. The molecule has 0 aliphatic rings. The lowest BCUT2D eigenvalue weighted by atomic mass is 10.1. The minimum absolute atomic E-state index is 0.0155. The van der Waals surface area contributed by atoms with E-state index in [4.69, 9.17) is 29.2 Å². The van der Waals surface area contributed by atoms with E-state index in [0.29, 0.717) is 25.0 Å². The maximum atomic E-state index is 12.5. The summed E-state index contributed by atoms with van der Waals surface area (Å²) in [5, 5.41) is 18.1. The van der Waals surface area contributed by atoms with Gasteiger partial charge in [-0.25, -0.2) is 9.59 Å². The van der Waals surface area contributed by atoms with Crippen LogP contribution >= 0.6 is 0 Å². The second-order valence-electron chi connectivity index (χ2n) is 7.75. The average molecular weight is 467 g/mol. The summed E-state index contributed by atoms with van der Waals surface area (Å²) in [6, 6.07) is 6.11. The summed E-state index contributed by atoms with van der Waals surface area (Å²) < 4.78 is 20.8. The van der Waals surface area contributed by atoms with Crippen molar-refractivity contribution < 1.29 is 43.5 Å². The molecular weight excluding hydrogens is 432 g/mol. The van der Waals surface area contributed by atoms with Gasteiger partial charge in [0, 0.05) is 12.8 Å². The van der Waals surface area contributed by atoms with Crippen molar-refractivity contribution in [2.24, 2.45) is 0 Å². The Hall–Kier alpha value is -2.91. The van der Waals surface area contributed by atoms with Crippen LogP contribution in [0.5, 0.6) is 0 Å². The van der Waals surface area contributed by atoms with Crippen LogP contribution in [0.3, 0.4) is 0 Å². The van der Waals surface area contributed by atoms with E-state index in [0.717, 1.165) is 0 Å². The monoisotopic (exact) mass is 466 g/mol. The molecule has 3 unspecified atom stereocenters. The minimum Gasteiger partial charge on any atom is -0.492 e. The van der Waals surface area contributed by atoms with Gasteiger partial charge in [0.05, 0.1) is 29.6 Å². The van der Waals surface area contributed by atoms with Gasteiger partial charge in [-0.1, -0.05) is 18.7 Å². The second-order valence-corrected chi connectivity index (χ2v) is 7.75. The first kappa shape index (κ1) is 28.1. The molecule has 0 bridgehead atoms. The molecule has 3 atom stereocenters. The summed E-state index contributed by atoms with van der Waals surface area (Å²) in [6.45, 7) is 8.23. The van der Waals surface area contributed by atoms with Gasteiger partial charge in [0.15, 0.2) is 0 Å². The summed E-state index contributed by atoms with van der Waals surface area (Å²) in [6.07, 6.45) is 0.173. The number of allylic oxidation sites excluding steroid dienone is 1. The Bertz CT molecular complexity index is 788. The van der Waals surface area contributed by atoms with Crippen molar-refractivity contribution in [3.05, 3.63) is 47.7 Å². The van der Waals surface area contributed by atoms with Gasteiger partial charge in [0.2, 0.25) is 0 Å². The molecule has 0 aromatic heterocycles. The number of aliphatic hydroxyl groups excluding tert-OH is 2. The van der Waals surface area contributed by atoms with E-state index < -0.39 is 30.3 Å². The van der Waals surface area contributed by atoms with E-state index in [2.05, 4.69) is 6.58 Å². The summed E-state index contributed by atoms with van der Waals surface area (Å²) >= 11 is 0. The summed E-state index contributed by atoms with van der Waals surface area (Å²) in [5.41, 5.74) is 0.105. The van der Waals surface area contributed by atoms with Gasteiger partial charge in [-0.3, -0.25) is 4.79 Å². The maximum absolute atomic E-state index is 12.5. The van der Waals surface area contributed by atoms with Gasteiger partial charge in [-0.2, -0.15) is 0 Å². The molecule has 0 aliphatic heterocycles. The van der Waals surface area contributed by atoms with E-state index in [1.807, 2.05) is 0 Å². The Morgan fingerprint density at radius 2 is 1.48 bits per heavy atom. The van der Waals surface area contributed by atoms with E-state index >= 15 is 0 Å².